The molecule has 1 unspecified atom stereocenters. The number of unbranched alkanes of at least 4 members (excludes halogenated alkanes) is 2. The van der Waals surface area contributed by atoms with Gasteiger partial charge in [0.25, 0.3) is 5.91 Å². The van der Waals surface area contributed by atoms with Crippen LogP contribution in [0.2, 0.25) is 0 Å². The number of nitrogens with one attached hydrogen (secondary N) is 1. The van der Waals surface area contributed by atoms with Gasteiger partial charge in [0.2, 0.25) is 5.91 Å². The van der Waals surface area contributed by atoms with Crippen molar-refractivity contribution in [1.82, 2.24) is 10.2 Å². The van der Waals surface area contributed by atoms with E-state index in [0.29, 0.717) is 35.0 Å². The van der Waals surface area contributed by atoms with Crippen molar-refractivity contribution < 1.29 is 23.9 Å². The number of carboxylic acid groups (broad SMARTS) is 1. The van der Waals surface area contributed by atoms with Crippen LogP contribution in [-0.2, 0) is 14.4 Å². The summed E-state index contributed by atoms with van der Waals surface area (Å²) in [4.78, 5) is 36.8. The van der Waals surface area contributed by atoms with Gasteiger partial charge < -0.3 is 10.4 Å². The van der Waals surface area contributed by atoms with Gasteiger partial charge >= 0.3 is 5.97 Å². The van der Waals surface area contributed by atoms with E-state index in [0.717, 1.165) is 5.56 Å². The second kappa shape index (κ2) is 10.3. The molecule has 0 radical (unpaired) electrons. The molecule has 28 heavy (non-hydrogen) atoms. The van der Waals surface area contributed by atoms with Crippen LogP contribution in [0.1, 0.15) is 38.2 Å². The smallest absolute Gasteiger partial charge is 0.325 e. The number of thiocarbonyl (C=S) groups is 1. The number of carbonyl (C=O) groups excluding carboxylic acids is 2. The number of nitrogens with zero attached hydrogens (tertiary/aromatic N) is 1. The zero-order valence-electron chi connectivity index (χ0n) is 15.3. The number of thioether (sulfide) groups is 1. The summed E-state index contributed by atoms with van der Waals surface area (Å²) in [6.45, 7) is 1.87. The minimum atomic E-state index is -1.07. The summed E-state index contributed by atoms with van der Waals surface area (Å²) in [5.74, 6) is -1.89. The number of rotatable bonds is 9. The Morgan fingerprint density at radius 1 is 1.29 bits per heavy atom. The van der Waals surface area contributed by atoms with Gasteiger partial charge in [0, 0.05) is 13.0 Å². The number of amides is 2. The molecule has 6 nitrogen and oxygen atoms in total. The molecule has 0 spiro atoms. The Morgan fingerprint density at radius 2 is 1.96 bits per heavy atom. The minimum absolute atomic E-state index is 0.174. The topological polar surface area (TPSA) is 86.7 Å². The first-order valence-electron chi connectivity index (χ1n) is 8.81. The third-order valence-electron chi connectivity index (χ3n) is 4.07. The summed E-state index contributed by atoms with van der Waals surface area (Å²) in [7, 11) is 0. The van der Waals surface area contributed by atoms with Crippen molar-refractivity contribution in [3.05, 3.63) is 40.6 Å². The van der Waals surface area contributed by atoms with E-state index in [9.17, 15) is 18.8 Å². The third-order valence-corrected chi connectivity index (χ3v) is 5.45. The number of hydrogen-bond donors (Lipinski definition) is 2. The average Bonchev–Trinajstić information content (AvgIpc) is 2.90. The molecule has 1 aliphatic heterocycles. The van der Waals surface area contributed by atoms with Gasteiger partial charge in [-0.25, -0.2) is 4.39 Å². The number of aliphatic carboxylic acids is 1. The van der Waals surface area contributed by atoms with E-state index < -0.39 is 12.0 Å². The van der Waals surface area contributed by atoms with Crippen molar-refractivity contribution in [2.75, 3.05) is 6.54 Å². The molecule has 0 aliphatic carbocycles. The Bertz CT molecular complexity index is 796. The lowest BCUT2D eigenvalue weighted by Crippen LogP contribution is -2.38. The summed E-state index contributed by atoms with van der Waals surface area (Å²) >= 11 is 6.48. The Labute approximate surface area is 172 Å². The summed E-state index contributed by atoms with van der Waals surface area (Å²) in [6, 6.07) is 4.95. The van der Waals surface area contributed by atoms with Crippen LogP contribution in [0.25, 0.3) is 6.08 Å². The van der Waals surface area contributed by atoms with Crippen LogP contribution < -0.4 is 5.32 Å². The zero-order valence-corrected chi connectivity index (χ0v) is 16.9. The Morgan fingerprint density at radius 3 is 2.61 bits per heavy atom. The van der Waals surface area contributed by atoms with Crippen LogP contribution in [0, 0.1) is 5.82 Å². The predicted octanol–water partition coefficient (Wildman–Crippen LogP) is 3.18. The molecule has 1 atom stereocenters. The fourth-order valence-electron chi connectivity index (χ4n) is 2.51. The predicted molar refractivity (Wildman–Crippen MR) is 110 cm³/mol. The second-order valence-corrected chi connectivity index (χ2v) is 8.00. The highest BCUT2D eigenvalue weighted by atomic mass is 32.2. The molecule has 1 fully saturated rings. The van der Waals surface area contributed by atoms with Crippen LogP contribution in [0.15, 0.2) is 29.2 Å². The molecule has 0 aromatic heterocycles. The number of carbonyl (C=O) groups is 3. The van der Waals surface area contributed by atoms with Crippen molar-refractivity contribution in [1.29, 1.82) is 0 Å². The first kappa shape index (κ1) is 22.0. The van der Waals surface area contributed by atoms with E-state index in [1.54, 1.807) is 18.2 Å². The normalized spacial score (nSPS) is 16.5. The highest BCUT2D eigenvalue weighted by Gasteiger charge is 2.31. The zero-order chi connectivity index (χ0) is 20.7. The van der Waals surface area contributed by atoms with Gasteiger partial charge in [-0.15, -0.1) is 0 Å². The average molecular weight is 425 g/mol. The molecule has 0 saturated carbocycles. The SMILES string of the molecule is CC(NC(=O)CCCCCN1C(=O)/C(=C/c2ccc(F)cc2)SC1=S)C(=O)O. The molecule has 1 aromatic carbocycles. The van der Waals surface area contributed by atoms with Gasteiger partial charge in [0.15, 0.2) is 0 Å². The van der Waals surface area contributed by atoms with E-state index in [1.165, 1.54) is 35.7 Å². The monoisotopic (exact) mass is 424 g/mol. The van der Waals surface area contributed by atoms with Crippen LogP contribution in [0.4, 0.5) is 4.39 Å². The van der Waals surface area contributed by atoms with Crippen molar-refractivity contribution in [3.63, 3.8) is 0 Å². The third kappa shape index (κ3) is 6.42. The Hall–Kier alpha value is -2.26. The number of hydrogen-bond acceptors (Lipinski definition) is 5. The van der Waals surface area contributed by atoms with Gasteiger partial charge in [-0.2, -0.15) is 0 Å². The Kier molecular flexibility index (Phi) is 8.13. The van der Waals surface area contributed by atoms with E-state index >= 15 is 0 Å². The highest BCUT2D eigenvalue weighted by molar-refractivity contribution is 8.26. The summed E-state index contributed by atoms with van der Waals surface area (Å²) in [5.41, 5.74) is 0.725. The lowest BCUT2D eigenvalue weighted by molar-refractivity contribution is -0.141. The quantitative estimate of drug-likeness (QED) is 0.360. The van der Waals surface area contributed by atoms with Crippen molar-refractivity contribution in [2.45, 2.75) is 38.6 Å². The lowest BCUT2D eigenvalue weighted by Gasteiger charge is -2.14. The summed E-state index contributed by atoms with van der Waals surface area (Å²) in [6.07, 6.45) is 3.91. The standard InChI is InChI=1S/C19H21FN2O4S2/c1-12(18(25)26)21-16(23)5-3-2-4-10-22-17(24)15(28-19(22)27)11-13-6-8-14(20)9-7-13/h6-9,11-12H,2-5,10H2,1H3,(H,21,23)(H,25,26)/b15-11-. The first-order chi connectivity index (χ1) is 13.3. The van der Waals surface area contributed by atoms with Crippen molar-refractivity contribution in [2.24, 2.45) is 0 Å². The molecule has 2 rings (SSSR count). The van der Waals surface area contributed by atoms with E-state index in [1.807, 2.05) is 0 Å². The number of carboxylic acids is 1. The second-order valence-electron chi connectivity index (χ2n) is 6.32. The summed E-state index contributed by atoms with van der Waals surface area (Å²) in [5, 5.41) is 11.2. The van der Waals surface area contributed by atoms with Crippen LogP contribution in [0.3, 0.4) is 0 Å². The van der Waals surface area contributed by atoms with Gasteiger partial charge in [0.1, 0.15) is 16.2 Å². The largest absolute Gasteiger partial charge is 0.480 e. The maximum absolute atomic E-state index is 13.0. The van der Waals surface area contributed by atoms with Crippen LogP contribution >= 0.6 is 24.0 Å². The molecular formula is C19H21FN2O4S2. The van der Waals surface area contributed by atoms with Gasteiger partial charge in [-0.1, -0.05) is 42.5 Å². The van der Waals surface area contributed by atoms with E-state index in [-0.39, 0.29) is 24.1 Å². The minimum Gasteiger partial charge on any atom is -0.480 e. The van der Waals surface area contributed by atoms with Gasteiger partial charge in [0.05, 0.1) is 4.91 Å². The molecule has 2 amide bonds. The maximum atomic E-state index is 13.0. The van der Waals surface area contributed by atoms with Gasteiger partial charge in [-0.05, 0) is 43.5 Å². The van der Waals surface area contributed by atoms with Crippen LogP contribution in [-0.4, -0.2) is 44.7 Å². The fraction of sp³-hybridized carbons (Fsp3) is 0.368. The molecule has 1 heterocycles. The van der Waals surface area contributed by atoms with E-state index in [4.69, 9.17) is 17.3 Å². The molecule has 9 heteroatoms. The van der Waals surface area contributed by atoms with E-state index in [2.05, 4.69) is 5.32 Å². The molecule has 0 bridgehead atoms. The van der Waals surface area contributed by atoms with Crippen LogP contribution in [0.5, 0.6) is 0 Å². The summed E-state index contributed by atoms with van der Waals surface area (Å²) < 4.78 is 13.5. The van der Waals surface area contributed by atoms with Crippen molar-refractivity contribution in [3.8, 4) is 0 Å². The molecular weight excluding hydrogens is 403 g/mol. The number of benzene rings is 1. The molecule has 1 aliphatic rings. The first-order valence-corrected chi connectivity index (χ1v) is 10.0. The number of halogens is 1. The molecule has 1 saturated heterocycles. The maximum Gasteiger partial charge on any atom is 0.325 e. The molecule has 1 aromatic rings. The van der Waals surface area contributed by atoms with Gasteiger partial charge in [-0.3, -0.25) is 19.3 Å². The fourth-order valence-corrected chi connectivity index (χ4v) is 3.82. The molecule has 2 N–H and O–H groups in total. The lowest BCUT2D eigenvalue weighted by atomic mass is 10.1. The Balaban J connectivity index is 1.76. The molecule has 150 valence electrons. The highest BCUT2D eigenvalue weighted by Crippen LogP contribution is 2.32. The van der Waals surface area contributed by atoms with Crippen molar-refractivity contribution >= 4 is 52.2 Å².